The summed E-state index contributed by atoms with van der Waals surface area (Å²) in [5.41, 5.74) is -0.0715. The SMILES string of the molecule is NS(=O)(=O)c1ccc(N2C(=O)CC(P)C2=O)cc1. The third kappa shape index (κ3) is 2.29. The molecule has 0 spiro atoms. The number of anilines is 1. The molecule has 1 saturated heterocycles. The molecule has 0 aromatic heterocycles. The summed E-state index contributed by atoms with van der Waals surface area (Å²) in [7, 11) is -1.46. The van der Waals surface area contributed by atoms with Crippen molar-refractivity contribution in [2.75, 3.05) is 4.90 Å². The molecule has 2 atom stereocenters. The van der Waals surface area contributed by atoms with E-state index in [2.05, 4.69) is 9.24 Å². The number of hydrogen-bond donors (Lipinski definition) is 1. The monoisotopic (exact) mass is 286 g/mol. The second-order valence-corrected chi connectivity index (χ2v) is 6.28. The topological polar surface area (TPSA) is 97.5 Å². The summed E-state index contributed by atoms with van der Waals surface area (Å²) in [6, 6.07) is 5.30. The van der Waals surface area contributed by atoms with E-state index in [4.69, 9.17) is 5.14 Å². The molecule has 0 saturated carbocycles. The first kappa shape index (κ1) is 13.1. The molecule has 0 bridgehead atoms. The molecule has 2 rings (SSSR count). The maximum absolute atomic E-state index is 11.7. The molecule has 8 heteroatoms. The number of imide groups is 1. The van der Waals surface area contributed by atoms with Gasteiger partial charge >= 0.3 is 0 Å². The van der Waals surface area contributed by atoms with Crippen LogP contribution in [0, 0.1) is 0 Å². The van der Waals surface area contributed by atoms with Crippen molar-refractivity contribution >= 4 is 36.8 Å². The normalized spacial score (nSPS) is 20.6. The van der Waals surface area contributed by atoms with Gasteiger partial charge in [0.05, 0.1) is 16.2 Å². The van der Waals surface area contributed by atoms with Gasteiger partial charge < -0.3 is 0 Å². The summed E-state index contributed by atoms with van der Waals surface area (Å²) in [5.74, 6) is -0.614. The average molecular weight is 286 g/mol. The number of hydrogen-bond acceptors (Lipinski definition) is 4. The lowest BCUT2D eigenvalue weighted by Crippen LogP contribution is -2.30. The maximum Gasteiger partial charge on any atom is 0.241 e. The van der Waals surface area contributed by atoms with Crippen LogP contribution in [0.1, 0.15) is 6.42 Å². The van der Waals surface area contributed by atoms with Gasteiger partial charge in [-0.15, -0.1) is 9.24 Å². The van der Waals surface area contributed by atoms with Gasteiger partial charge in [0.15, 0.2) is 0 Å². The van der Waals surface area contributed by atoms with Crippen LogP contribution in [0.2, 0.25) is 0 Å². The number of nitrogens with zero attached hydrogens (tertiary/aromatic N) is 1. The lowest BCUT2D eigenvalue weighted by atomic mass is 10.3. The van der Waals surface area contributed by atoms with E-state index in [-0.39, 0.29) is 23.1 Å². The molecular formula is C10H11N2O4PS. The molecule has 1 fully saturated rings. The Morgan fingerprint density at radius 3 is 2.17 bits per heavy atom. The predicted octanol–water partition coefficient (Wildman–Crippen LogP) is -0.159. The molecular weight excluding hydrogens is 275 g/mol. The Labute approximate surface area is 106 Å². The van der Waals surface area contributed by atoms with E-state index < -0.39 is 15.7 Å². The molecule has 2 amide bonds. The van der Waals surface area contributed by atoms with Crippen molar-refractivity contribution in [1.82, 2.24) is 0 Å². The Morgan fingerprint density at radius 2 is 1.78 bits per heavy atom. The van der Waals surface area contributed by atoms with Gasteiger partial charge in [0, 0.05) is 6.42 Å². The molecule has 2 unspecified atom stereocenters. The van der Waals surface area contributed by atoms with Crippen LogP contribution in [0.5, 0.6) is 0 Å². The van der Waals surface area contributed by atoms with Gasteiger partial charge in [-0.05, 0) is 24.3 Å². The molecule has 1 aromatic carbocycles. The first-order valence-corrected chi connectivity index (χ1v) is 7.27. The smallest absolute Gasteiger partial charge is 0.241 e. The summed E-state index contributed by atoms with van der Waals surface area (Å²) >= 11 is 0. The van der Waals surface area contributed by atoms with Crippen LogP contribution < -0.4 is 10.0 Å². The lowest BCUT2D eigenvalue weighted by molar-refractivity contribution is -0.121. The minimum atomic E-state index is -3.77. The zero-order valence-electron chi connectivity index (χ0n) is 9.24. The number of carbonyl (C=O) groups is 2. The first-order chi connectivity index (χ1) is 8.30. The highest BCUT2D eigenvalue weighted by Gasteiger charge is 2.36. The van der Waals surface area contributed by atoms with Gasteiger partial charge in [-0.1, -0.05) is 0 Å². The highest BCUT2D eigenvalue weighted by Crippen LogP contribution is 2.27. The van der Waals surface area contributed by atoms with Crippen molar-refractivity contribution in [3.8, 4) is 0 Å². The van der Waals surface area contributed by atoms with Gasteiger partial charge in [-0.25, -0.2) is 13.6 Å². The second kappa shape index (κ2) is 4.42. The third-order valence-electron chi connectivity index (χ3n) is 2.60. The van der Waals surface area contributed by atoms with Crippen LogP contribution in [0.25, 0.3) is 0 Å². The van der Waals surface area contributed by atoms with E-state index in [0.29, 0.717) is 5.69 Å². The minimum Gasteiger partial charge on any atom is -0.274 e. The minimum absolute atomic E-state index is 0.0623. The second-order valence-electron chi connectivity index (χ2n) is 3.92. The van der Waals surface area contributed by atoms with Gasteiger partial charge in [0.1, 0.15) is 0 Å². The zero-order chi connectivity index (χ0) is 13.5. The fourth-order valence-electron chi connectivity index (χ4n) is 1.71. The first-order valence-electron chi connectivity index (χ1n) is 5.06. The van der Waals surface area contributed by atoms with Crippen molar-refractivity contribution in [3.05, 3.63) is 24.3 Å². The third-order valence-corrected chi connectivity index (χ3v) is 4.06. The van der Waals surface area contributed by atoms with Crippen LogP contribution >= 0.6 is 9.24 Å². The van der Waals surface area contributed by atoms with Gasteiger partial charge in [-0.3, -0.25) is 14.5 Å². The Bertz CT molecular complexity index is 611. The lowest BCUT2D eigenvalue weighted by Gasteiger charge is -2.14. The Balaban J connectivity index is 2.36. The maximum atomic E-state index is 11.7. The molecule has 6 nitrogen and oxygen atoms in total. The fourth-order valence-corrected chi connectivity index (χ4v) is 2.58. The number of primary sulfonamides is 1. The molecule has 96 valence electrons. The zero-order valence-corrected chi connectivity index (χ0v) is 11.2. The molecule has 2 N–H and O–H groups in total. The van der Waals surface area contributed by atoms with Gasteiger partial charge in [-0.2, -0.15) is 0 Å². The van der Waals surface area contributed by atoms with Crippen molar-refractivity contribution < 1.29 is 18.0 Å². The standard InChI is InChI=1S/C10H11N2O4PS/c11-18(15,16)7-3-1-6(2-4-7)12-9(13)5-8(17)10(12)14/h1-4,8H,5,17H2,(H2,11,15,16). The van der Waals surface area contributed by atoms with Crippen molar-refractivity contribution in [2.24, 2.45) is 5.14 Å². The van der Waals surface area contributed by atoms with Crippen LogP contribution in [-0.4, -0.2) is 25.9 Å². The number of rotatable bonds is 2. The number of benzene rings is 1. The predicted molar refractivity (Wildman–Crippen MR) is 68.4 cm³/mol. The van der Waals surface area contributed by atoms with Crippen LogP contribution in [0.3, 0.4) is 0 Å². The molecule has 1 aromatic rings. The number of carbonyl (C=O) groups excluding carboxylic acids is 2. The quantitative estimate of drug-likeness (QED) is 0.603. The molecule has 0 radical (unpaired) electrons. The van der Waals surface area contributed by atoms with Crippen molar-refractivity contribution in [2.45, 2.75) is 17.0 Å². The summed E-state index contributed by atoms with van der Waals surface area (Å²) in [6.07, 6.45) is 0.139. The Morgan fingerprint density at radius 1 is 1.22 bits per heavy atom. The summed E-state index contributed by atoms with van der Waals surface area (Å²) in [6.45, 7) is 0. The van der Waals surface area contributed by atoms with Crippen LogP contribution in [-0.2, 0) is 19.6 Å². The van der Waals surface area contributed by atoms with E-state index in [1.165, 1.54) is 24.3 Å². The summed E-state index contributed by atoms with van der Waals surface area (Å²) in [4.78, 5) is 24.3. The fraction of sp³-hybridized carbons (Fsp3) is 0.200. The van der Waals surface area contributed by atoms with E-state index >= 15 is 0 Å². The van der Waals surface area contributed by atoms with Crippen molar-refractivity contribution in [3.63, 3.8) is 0 Å². The summed E-state index contributed by atoms with van der Waals surface area (Å²) in [5, 5.41) is 4.96. The summed E-state index contributed by atoms with van der Waals surface area (Å²) < 4.78 is 22.1. The molecule has 1 aliphatic rings. The molecule has 0 aliphatic carbocycles. The van der Waals surface area contributed by atoms with Crippen molar-refractivity contribution in [1.29, 1.82) is 0 Å². The largest absolute Gasteiger partial charge is 0.274 e. The van der Waals surface area contributed by atoms with E-state index in [1.807, 2.05) is 0 Å². The highest BCUT2D eigenvalue weighted by molar-refractivity contribution is 7.89. The van der Waals surface area contributed by atoms with Gasteiger partial charge in [0.2, 0.25) is 21.8 Å². The molecule has 1 aliphatic heterocycles. The molecule has 18 heavy (non-hydrogen) atoms. The number of nitrogens with two attached hydrogens (primary N) is 1. The highest BCUT2D eigenvalue weighted by atomic mass is 32.2. The van der Waals surface area contributed by atoms with Gasteiger partial charge in [0.25, 0.3) is 0 Å². The van der Waals surface area contributed by atoms with Crippen LogP contribution in [0.4, 0.5) is 5.69 Å². The average Bonchev–Trinajstić information content (AvgIpc) is 2.52. The Kier molecular flexibility index (Phi) is 3.23. The van der Waals surface area contributed by atoms with Crippen LogP contribution in [0.15, 0.2) is 29.2 Å². The molecule has 1 heterocycles. The number of sulfonamides is 1. The van der Waals surface area contributed by atoms with E-state index in [9.17, 15) is 18.0 Å². The Hall–Kier alpha value is -1.30. The van der Waals surface area contributed by atoms with E-state index in [1.54, 1.807) is 0 Å². The van der Waals surface area contributed by atoms with E-state index in [0.717, 1.165) is 4.90 Å². The number of amides is 2.